The highest BCUT2D eigenvalue weighted by molar-refractivity contribution is 14.1. The predicted molar refractivity (Wildman–Crippen MR) is 56.3 cm³/mol. The smallest absolute Gasteiger partial charge is 0.0337 e. The van der Waals surface area contributed by atoms with Crippen molar-refractivity contribution in [2.24, 2.45) is 0 Å². The summed E-state index contributed by atoms with van der Waals surface area (Å²) in [5.41, 5.74) is 0. The third-order valence-electron chi connectivity index (χ3n) is 0.725. The van der Waals surface area contributed by atoms with Gasteiger partial charge in [-0.25, -0.2) is 0 Å². The van der Waals surface area contributed by atoms with E-state index in [0.29, 0.717) is 5.03 Å². The first kappa shape index (κ1) is 9.93. The van der Waals surface area contributed by atoms with Crippen LogP contribution in [0.4, 0.5) is 0 Å². The zero-order valence-corrected chi connectivity index (χ0v) is 9.10. The van der Waals surface area contributed by atoms with Gasteiger partial charge in [0.05, 0.1) is 0 Å². The summed E-state index contributed by atoms with van der Waals surface area (Å²) in [6.07, 6.45) is 2.93. The Hall–Kier alpha value is 0.930. The molecule has 0 rings (SSSR count). The quantitative estimate of drug-likeness (QED) is 0.320. The molecule has 0 aliphatic rings. The van der Waals surface area contributed by atoms with Crippen LogP contribution in [0.2, 0.25) is 0 Å². The van der Waals surface area contributed by atoms with Gasteiger partial charge in [0.15, 0.2) is 0 Å². The molecule has 0 bridgehead atoms. The molecule has 0 aromatic rings. The van der Waals surface area contributed by atoms with Gasteiger partial charge in [0.1, 0.15) is 0 Å². The molecule has 0 nitrogen and oxygen atoms in total. The van der Waals surface area contributed by atoms with E-state index in [9.17, 15) is 0 Å². The van der Waals surface area contributed by atoms with Crippen LogP contribution in [0.15, 0.2) is 23.0 Å². The monoisotopic (exact) mass is 274 g/mol. The van der Waals surface area contributed by atoms with Crippen LogP contribution in [0.5, 0.6) is 0 Å². The topological polar surface area (TPSA) is 0 Å². The molecule has 0 spiro atoms. The van der Waals surface area contributed by atoms with Crippen LogP contribution in [0.1, 0.15) is 6.42 Å². The molecular formula is C6H9ClIP. The minimum atomic E-state index is 0.602. The van der Waals surface area contributed by atoms with E-state index in [-0.39, 0.29) is 0 Å². The Labute approximate surface area is 77.1 Å². The lowest BCUT2D eigenvalue weighted by atomic mass is 10.4. The van der Waals surface area contributed by atoms with E-state index in [4.69, 9.17) is 11.6 Å². The Morgan fingerprint density at radius 3 is 2.67 bits per heavy atom. The molecule has 52 valence electrons. The third kappa shape index (κ3) is 6.82. The Balaban J connectivity index is 3.69. The molecule has 0 saturated carbocycles. The SMILES string of the molecule is C=C(Cl)/C=C(/P)CCI. The van der Waals surface area contributed by atoms with Crippen molar-refractivity contribution in [1.29, 1.82) is 0 Å². The summed E-state index contributed by atoms with van der Waals surface area (Å²) in [5, 5.41) is 1.81. The molecule has 0 N–H and O–H groups in total. The maximum atomic E-state index is 5.52. The molecule has 0 fully saturated rings. The van der Waals surface area contributed by atoms with Gasteiger partial charge in [-0.1, -0.05) is 46.1 Å². The van der Waals surface area contributed by atoms with Crippen molar-refractivity contribution in [3.63, 3.8) is 0 Å². The van der Waals surface area contributed by atoms with Crippen molar-refractivity contribution in [2.75, 3.05) is 4.43 Å². The lowest BCUT2D eigenvalue weighted by Gasteiger charge is -1.93. The molecule has 0 aliphatic carbocycles. The number of alkyl halides is 1. The van der Waals surface area contributed by atoms with Crippen LogP contribution >= 0.6 is 43.4 Å². The van der Waals surface area contributed by atoms with E-state index in [0.717, 1.165) is 10.8 Å². The van der Waals surface area contributed by atoms with Crippen molar-refractivity contribution in [2.45, 2.75) is 6.42 Å². The van der Waals surface area contributed by atoms with Gasteiger partial charge in [0.25, 0.3) is 0 Å². The molecule has 0 aromatic heterocycles. The van der Waals surface area contributed by atoms with E-state index < -0.39 is 0 Å². The fraction of sp³-hybridized carbons (Fsp3) is 0.333. The van der Waals surface area contributed by atoms with Gasteiger partial charge in [0.2, 0.25) is 0 Å². The Bertz CT molecular complexity index is 131. The fourth-order valence-corrected chi connectivity index (χ4v) is 2.18. The highest BCUT2D eigenvalue weighted by Gasteiger charge is 1.87. The van der Waals surface area contributed by atoms with Crippen LogP contribution < -0.4 is 0 Å². The van der Waals surface area contributed by atoms with Gasteiger partial charge in [-0.05, 0) is 12.5 Å². The molecule has 1 unspecified atom stereocenters. The molecule has 0 amide bonds. The summed E-state index contributed by atoms with van der Waals surface area (Å²) in [6, 6.07) is 0. The summed E-state index contributed by atoms with van der Waals surface area (Å²) < 4.78 is 1.12. The van der Waals surface area contributed by atoms with Gasteiger partial charge in [-0.15, -0.1) is 9.24 Å². The van der Waals surface area contributed by atoms with E-state index in [2.05, 4.69) is 38.4 Å². The van der Waals surface area contributed by atoms with E-state index in [1.165, 1.54) is 5.31 Å². The Morgan fingerprint density at radius 1 is 1.78 bits per heavy atom. The molecule has 1 atom stereocenters. The van der Waals surface area contributed by atoms with Crippen molar-refractivity contribution in [3.8, 4) is 0 Å². The van der Waals surface area contributed by atoms with Crippen molar-refractivity contribution in [3.05, 3.63) is 23.0 Å². The highest BCUT2D eigenvalue weighted by atomic mass is 127. The van der Waals surface area contributed by atoms with Crippen LogP contribution in [0, 0.1) is 0 Å². The number of rotatable bonds is 3. The number of halogens is 2. The van der Waals surface area contributed by atoms with Crippen LogP contribution in [0.25, 0.3) is 0 Å². The molecule has 0 aromatic carbocycles. The molecule has 0 heterocycles. The summed E-state index contributed by atoms with van der Waals surface area (Å²) >= 11 is 7.84. The van der Waals surface area contributed by atoms with Gasteiger partial charge in [0, 0.05) is 9.46 Å². The van der Waals surface area contributed by atoms with Crippen molar-refractivity contribution < 1.29 is 0 Å². The largest absolute Gasteiger partial charge is 0.110 e. The molecule has 0 radical (unpaired) electrons. The second-order valence-corrected chi connectivity index (χ2v) is 3.91. The third-order valence-corrected chi connectivity index (χ3v) is 1.83. The van der Waals surface area contributed by atoms with Gasteiger partial charge in [-0.3, -0.25) is 0 Å². The van der Waals surface area contributed by atoms with E-state index in [1.54, 1.807) is 0 Å². The van der Waals surface area contributed by atoms with Crippen molar-refractivity contribution >= 4 is 43.4 Å². The summed E-state index contributed by atoms with van der Waals surface area (Å²) in [7, 11) is 2.63. The van der Waals surface area contributed by atoms with E-state index in [1.807, 2.05) is 6.08 Å². The number of allylic oxidation sites excluding steroid dienone is 3. The first-order valence-electron chi connectivity index (χ1n) is 2.53. The molecule has 0 aliphatic heterocycles. The maximum absolute atomic E-state index is 5.52. The maximum Gasteiger partial charge on any atom is 0.0337 e. The zero-order valence-electron chi connectivity index (χ0n) is 5.03. The Morgan fingerprint density at radius 2 is 2.33 bits per heavy atom. The van der Waals surface area contributed by atoms with Crippen molar-refractivity contribution in [1.82, 2.24) is 0 Å². The number of hydrogen-bond donors (Lipinski definition) is 0. The summed E-state index contributed by atoms with van der Waals surface area (Å²) in [6.45, 7) is 3.55. The minimum absolute atomic E-state index is 0.602. The van der Waals surface area contributed by atoms with Crippen LogP contribution in [-0.2, 0) is 0 Å². The highest BCUT2D eigenvalue weighted by Crippen LogP contribution is 2.15. The molecule has 0 saturated heterocycles. The second-order valence-electron chi connectivity index (χ2n) is 1.61. The Kier molecular flexibility index (Phi) is 6.28. The fourth-order valence-electron chi connectivity index (χ4n) is 0.382. The van der Waals surface area contributed by atoms with Gasteiger partial charge in [-0.2, -0.15) is 0 Å². The van der Waals surface area contributed by atoms with E-state index >= 15 is 0 Å². The van der Waals surface area contributed by atoms with Gasteiger partial charge >= 0.3 is 0 Å². The zero-order chi connectivity index (χ0) is 7.28. The van der Waals surface area contributed by atoms with Crippen LogP contribution in [-0.4, -0.2) is 4.43 Å². The second kappa shape index (κ2) is 5.70. The predicted octanol–water partition coefficient (Wildman–Crippen LogP) is 3.32. The average molecular weight is 274 g/mol. The van der Waals surface area contributed by atoms with Gasteiger partial charge < -0.3 is 0 Å². The first-order chi connectivity index (χ1) is 4.16. The average Bonchev–Trinajstić information content (AvgIpc) is 1.63. The normalized spacial score (nSPS) is 11.7. The molecular weight excluding hydrogens is 265 g/mol. The minimum Gasteiger partial charge on any atom is -0.110 e. The van der Waals surface area contributed by atoms with Crippen LogP contribution in [0.3, 0.4) is 0 Å². The molecule has 3 heteroatoms. The standard InChI is InChI=1S/C6H9ClIP/c1-5(7)4-6(9)2-3-8/h4H,1-3,9H2/b6-4+. The summed E-state index contributed by atoms with van der Waals surface area (Å²) in [4.78, 5) is 0. The lowest BCUT2D eigenvalue weighted by Crippen LogP contribution is -1.72. The lowest BCUT2D eigenvalue weighted by molar-refractivity contribution is 1.25. The summed E-state index contributed by atoms with van der Waals surface area (Å²) in [5.74, 6) is 0. The first-order valence-corrected chi connectivity index (χ1v) is 5.01. The molecule has 9 heavy (non-hydrogen) atoms. The number of hydrogen-bond acceptors (Lipinski definition) is 0.